The molecular weight excluding hydrogens is 260 g/mol. The minimum Gasteiger partial charge on any atom is -0.481 e. The van der Waals surface area contributed by atoms with Crippen LogP contribution in [-0.4, -0.2) is 55.4 Å². The maximum Gasteiger partial charge on any atom is 0.317 e. The molecule has 2 N–H and O–H groups in total. The van der Waals surface area contributed by atoms with Crippen LogP contribution in [0.25, 0.3) is 0 Å². The van der Waals surface area contributed by atoms with Crippen LogP contribution in [0.5, 0.6) is 0 Å². The maximum absolute atomic E-state index is 11.9. The summed E-state index contributed by atoms with van der Waals surface area (Å²) in [6.45, 7) is 8.24. The Morgan fingerprint density at radius 3 is 2.45 bits per heavy atom. The van der Waals surface area contributed by atoms with Gasteiger partial charge in [0.1, 0.15) is 0 Å². The second-order valence-electron chi connectivity index (χ2n) is 5.61. The van der Waals surface area contributed by atoms with Gasteiger partial charge in [-0.2, -0.15) is 0 Å². The summed E-state index contributed by atoms with van der Waals surface area (Å²) < 4.78 is 4.96. The second kappa shape index (κ2) is 9.58. The third kappa shape index (κ3) is 8.74. The average Bonchev–Trinajstić information content (AvgIpc) is 2.37. The largest absolute Gasteiger partial charge is 0.481 e. The van der Waals surface area contributed by atoms with Crippen LogP contribution in [0.4, 0.5) is 4.79 Å². The third-order valence-corrected chi connectivity index (χ3v) is 3.33. The van der Waals surface area contributed by atoms with E-state index in [-0.39, 0.29) is 17.9 Å². The van der Waals surface area contributed by atoms with Crippen molar-refractivity contribution in [2.24, 2.45) is 5.41 Å². The standard InChI is InChI=1S/C14H28N2O4/c1-5-16(10-11-20-4)13(19)15-9-8-14(2,3)7-6-12(17)18/h5-11H2,1-4H3,(H,15,19)(H,17,18). The van der Waals surface area contributed by atoms with Crippen LogP contribution in [0.3, 0.4) is 0 Å². The summed E-state index contributed by atoms with van der Waals surface area (Å²) in [4.78, 5) is 24.2. The Morgan fingerprint density at radius 1 is 1.30 bits per heavy atom. The van der Waals surface area contributed by atoms with Gasteiger partial charge in [0.15, 0.2) is 0 Å². The summed E-state index contributed by atoms with van der Waals surface area (Å²) >= 11 is 0. The van der Waals surface area contributed by atoms with E-state index < -0.39 is 5.97 Å². The van der Waals surface area contributed by atoms with Gasteiger partial charge < -0.3 is 20.1 Å². The smallest absolute Gasteiger partial charge is 0.317 e. The predicted octanol–water partition coefficient (Wildman–Crippen LogP) is 1.95. The first-order chi connectivity index (χ1) is 9.32. The lowest BCUT2D eigenvalue weighted by atomic mass is 9.84. The number of hydrogen-bond donors (Lipinski definition) is 2. The predicted molar refractivity (Wildman–Crippen MR) is 77.8 cm³/mol. The summed E-state index contributed by atoms with van der Waals surface area (Å²) in [5.74, 6) is -0.779. The number of amides is 2. The molecule has 0 aliphatic heterocycles. The molecule has 0 atom stereocenters. The van der Waals surface area contributed by atoms with Crippen LogP contribution in [0.1, 0.15) is 40.0 Å². The van der Waals surface area contributed by atoms with Gasteiger partial charge in [-0.25, -0.2) is 4.79 Å². The van der Waals surface area contributed by atoms with Gasteiger partial charge in [0.25, 0.3) is 0 Å². The van der Waals surface area contributed by atoms with Crippen LogP contribution < -0.4 is 5.32 Å². The van der Waals surface area contributed by atoms with Crippen molar-refractivity contribution < 1.29 is 19.4 Å². The minimum absolute atomic E-state index is 0.0881. The quantitative estimate of drug-likeness (QED) is 0.644. The highest BCUT2D eigenvalue weighted by molar-refractivity contribution is 5.74. The molecule has 0 unspecified atom stereocenters. The van der Waals surface area contributed by atoms with Crippen molar-refractivity contribution in [3.63, 3.8) is 0 Å². The van der Waals surface area contributed by atoms with Crippen molar-refractivity contribution in [3.05, 3.63) is 0 Å². The molecule has 0 saturated heterocycles. The van der Waals surface area contributed by atoms with E-state index in [1.54, 1.807) is 12.0 Å². The molecule has 0 saturated carbocycles. The molecule has 0 aliphatic carbocycles. The van der Waals surface area contributed by atoms with Gasteiger partial charge in [0.2, 0.25) is 0 Å². The van der Waals surface area contributed by atoms with Crippen LogP contribution in [-0.2, 0) is 9.53 Å². The minimum atomic E-state index is -0.779. The van der Waals surface area contributed by atoms with Crippen LogP contribution in [0, 0.1) is 5.41 Å². The lowest BCUT2D eigenvalue weighted by molar-refractivity contribution is -0.137. The molecule has 0 aromatic heterocycles. The van der Waals surface area contributed by atoms with Crippen molar-refractivity contribution in [2.45, 2.75) is 40.0 Å². The summed E-state index contributed by atoms with van der Waals surface area (Å²) in [5.41, 5.74) is -0.0881. The first-order valence-electron chi connectivity index (χ1n) is 7.06. The van der Waals surface area contributed by atoms with Gasteiger partial charge in [-0.05, 0) is 25.2 Å². The van der Waals surface area contributed by atoms with E-state index in [0.717, 1.165) is 6.42 Å². The summed E-state index contributed by atoms with van der Waals surface area (Å²) in [6.07, 6.45) is 1.53. The van der Waals surface area contributed by atoms with Crippen LogP contribution in [0.15, 0.2) is 0 Å². The number of carbonyl (C=O) groups is 2. The molecular formula is C14H28N2O4. The molecule has 0 bridgehead atoms. The zero-order valence-corrected chi connectivity index (χ0v) is 13.1. The fourth-order valence-corrected chi connectivity index (χ4v) is 1.79. The molecule has 0 fully saturated rings. The number of carbonyl (C=O) groups excluding carboxylic acids is 1. The Hall–Kier alpha value is -1.30. The molecule has 2 amide bonds. The number of likely N-dealkylation sites (N-methyl/N-ethyl adjacent to an activating group) is 1. The summed E-state index contributed by atoms with van der Waals surface area (Å²) in [6, 6.07) is -0.0985. The first-order valence-corrected chi connectivity index (χ1v) is 7.06. The highest BCUT2D eigenvalue weighted by Crippen LogP contribution is 2.25. The lowest BCUT2D eigenvalue weighted by Crippen LogP contribution is -2.42. The van der Waals surface area contributed by atoms with Crippen molar-refractivity contribution in [1.82, 2.24) is 10.2 Å². The van der Waals surface area contributed by atoms with Crippen molar-refractivity contribution in [2.75, 3.05) is 33.4 Å². The van der Waals surface area contributed by atoms with Crippen molar-refractivity contribution >= 4 is 12.0 Å². The molecule has 0 heterocycles. The number of rotatable bonds is 10. The van der Waals surface area contributed by atoms with Gasteiger partial charge in [0.05, 0.1) is 6.61 Å². The molecule has 0 aliphatic rings. The summed E-state index contributed by atoms with van der Waals surface area (Å²) in [5, 5.41) is 11.6. The Bertz CT molecular complexity index is 306. The van der Waals surface area contributed by atoms with E-state index in [1.807, 2.05) is 20.8 Å². The lowest BCUT2D eigenvalue weighted by Gasteiger charge is -2.25. The van der Waals surface area contributed by atoms with Gasteiger partial charge in [-0.1, -0.05) is 13.8 Å². The molecule has 6 nitrogen and oxygen atoms in total. The fourth-order valence-electron chi connectivity index (χ4n) is 1.79. The normalized spacial score (nSPS) is 11.2. The number of aliphatic carboxylic acids is 1. The highest BCUT2D eigenvalue weighted by atomic mass is 16.5. The van der Waals surface area contributed by atoms with E-state index >= 15 is 0 Å². The molecule has 0 spiro atoms. The molecule has 20 heavy (non-hydrogen) atoms. The zero-order chi connectivity index (χ0) is 15.6. The van der Waals surface area contributed by atoms with E-state index in [9.17, 15) is 9.59 Å². The summed E-state index contributed by atoms with van der Waals surface area (Å²) in [7, 11) is 1.61. The number of nitrogens with one attached hydrogen (secondary N) is 1. The second-order valence-corrected chi connectivity index (χ2v) is 5.61. The number of carboxylic acid groups (broad SMARTS) is 1. The van der Waals surface area contributed by atoms with Crippen molar-refractivity contribution in [3.8, 4) is 0 Å². The van der Waals surface area contributed by atoms with Gasteiger partial charge in [-0.15, -0.1) is 0 Å². The van der Waals surface area contributed by atoms with Crippen LogP contribution >= 0.6 is 0 Å². The number of hydrogen-bond acceptors (Lipinski definition) is 3. The molecule has 6 heteroatoms. The van der Waals surface area contributed by atoms with Crippen LogP contribution in [0.2, 0.25) is 0 Å². The van der Waals surface area contributed by atoms with Gasteiger partial charge >= 0.3 is 12.0 Å². The molecule has 0 aromatic carbocycles. The Kier molecular flexibility index (Phi) is 8.96. The first kappa shape index (κ1) is 18.7. The monoisotopic (exact) mass is 288 g/mol. The van der Waals surface area contributed by atoms with Gasteiger partial charge in [-0.3, -0.25) is 4.79 Å². The topological polar surface area (TPSA) is 78.9 Å². The maximum atomic E-state index is 11.9. The zero-order valence-electron chi connectivity index (χ0n) is 13.1. The van der Waals surface area contributed by atoms with E-state index in [4.69, 9.17) is 9.84 Å². The van der Waals surface area contributed by atoms with Crippen molar-refractivity contribution in [1.29, 1.82) is 0 Å². The average molecular weight is 288 g/mol. The number of nitrogens with zero attached hydrogens (tertiary/aromatic N) is 1. The van der Waals surface area contributed by atoms with E-state index in [2.05, 4.69) is 5.32 Å². The highest BCUT2D eigenvalue weighted by Gasteiger charge is 2.19. The van der Waals surface area contributed by atoms with E-state index in [0.29, 0.717) is 32.7 Å². The van der Waals surface area contributed by atoms with E-state index in [1.165, 1.54) is 0 Å². The Balaban J connectivity index is 4.01. The molecule has 0 radical (unpaired) electrons. The van der Waals surface area contributed by atoms with Gasteiger partial charge in [0, 0.05) is 33.2 Å². The number of ether oxygens (including phenoxy) is 1. The number of methoxy groups -OCH3 is 1. The molecule has 0 aromatic rings. The fraction of sp³-hybridized carbons (Fsp3) is 0.857. The SMILES string of the molecule is CCN(CCOC)C(=O)NCCC(C)(C)CCC(=O)O. The number of urea groups is 1. The molecule has 118 valence electrons. The Labute approximate surface area is 121 Å². The third-order valence-electron chi connectivity index (χ3n) is 3.33. The Morgan fingerprint density at radius 2 is 1.95 bits per heavy atom. The molecule has 0 rings (SSSR count). The number of carboxylic acids is 1.